The van der Waals surface area contributed by atoms with Crippen molar-refractivity contribution >= 4 is 33.4 Å². The number of hydrogen-bond acceptors (Lipinski definition) is 3. The average molecular weight is 308 g/mol. The first kappa shape index (κ1) is 12.6. The van der Waals surface area contributed by atoms with Crippen LogP contribution in [0, 0.1) is 0 Å². The van der Waals surface area contributed by atoms with Crippen molar-refractivity contribution in [1.29, 1.82) is 0 Å². The molecule has 21 heavy (non-hydrogen) atoms. The number of phenolic OH excluding ortho intramolecular Hbond substituents is 1. The SMILES string of the molecule is Oc1cc2ccccc2cc1-c1ccc(-c2cccs2)s1. The molecule has 0 spiro atoms. The van der Waals surface area contributed by atoms with E-state index in [0.717, 1.165) is 21.2 Å². The van der Waals surface area contributed by atoms with Crippen LogP contribution >= 0.6 is 22.7 Å². The largest absolute Gasteiger partial charge is 0.507 e. The van der Waals surface area contributed by atoms with Gasteiger partial charge in [-0.25, -0.2) is 0 Å². The van der Waals surface area contributed by atoms with Crippen LogP contribution in [-0.4, -0.2) is 5.11 Å². The molecule has 0 aliphatic heterocycles. The van der Waals surface area contributed by atoms with Gasteiger partial charge in [0.2, 0.25) is 0 Å². The summed E-state index contributed by atoms with van der Waals surface area (Å²) in [5.41, 5.74) is 0.904. The van der Waals surface area contributed by atoms with Gasteiger partial charge in [0.25, 0.3) is 0 Å². The van der Waals surface area contributed by atoms with Crippen LogP contribution in [0.2, 0.25) is 0 Å². The Morgan fingerprint density at radius 1 is 0.714 bits per heavy atom. The van der Waals surface area contributed by atoms with Crippen LogP contribution < -0.4 is 0 Å². The molecule has 3 heteroatoms. The van der Waals surface area contributed by atoms with E-state index in [-0.39, 0.29) is 0 Å². The number of fused-ring (bicyclic) bond motifs is 1. The molecule has 1 N–H and O–H groups in total. The predicted octanol–water partition coefficient (Wildman–Crippen LogP) is 6.00. The number of hydrogen-bond donors (Lipinski definition) is 1. The third-order valence-electron chi connectivity index (χ3n) is 3.50. The quantitative estimate of drug-likeness (QED) is 0.481. The van der Waals surface area contributed by atoms with E-state index in [1.165, 1.54) is 9.75 Å². The van der Waals surface area contributed by atoms with Crippen LogP contribution in [0.25, 0.3) is 31.0 Å². The molecule has 0 saturated heterocycles. The molecule has 0 unspecified atom stereocenters. The van der Waals surface area contributed by atoms with Crippen LogP contribution in [0.15, 0.2) is 66.0 Å². The second-order valence-corrected chi connectivity index (χ2v) is 6.89. The van der Waals surface area contributed by atoms with Crippen LogP contribution in [0.3, 0.4) is 0 Å². The van der Waals surface area contributed by atoms with Gasteiger partial charge in [0.15, 0.2) is 0 Å². The van der Waals surface area contributed by atoms with E-state index >= 15 is 0 Å². The first-order valence-electron chi connectivity index (χ1n) is 6.67. The standard InChI is InChI=1S/C18H12OS2/c19-15-11-13-5-2-1-4-12(13)10-14(15)16-7-8-18(21-16)17-6-3-9-20-17/h1-11,19H. The van der Waals surface area contributed by atoms with Gasteiger partial charge in [-0.05, 0) is 46.5 Å². The second kappa shape index (κ2) is 5.02. The molecule has 4 aromatic rings. The van der Waals surface area contributed by atoms with E-state index in [1.807, 2.05) is 24.3 Å². The summed E-state index contributed by atoms with van der Waals surface area (Å²) in [7, 11) is 0. The molecule has 0 aliphatic carbocycles. The molecule has 2 aromatic heterocycles. The van der Waals surface area contributed by atoms with Crippen LogP contribution in [0.4, 0.5) is 0 Å². The van der Waals surface area contributed by atoms with E-state index in [2.05, 4.69) is 41.8 Å². The van der Waals surface area contributed by atoms with Gasteiger partial charge in [-0.1, -0.05) is 30.3 Å². The van der Waals surface area contributed by atoms with Gasteiger partial charge >= 0.3 is 0 Å². The van der Waals surface area contributed by atoms with Gasteiger partial charge in [0.1, 0.15) is 5.75 Å². The van der Waals surface area contributed by atoms with Crippen molar-refractivity contribution in [3.8, 4) is 25.9 Å². The van der Waals surface area contributed by atoms with E-state index in [1.54, 1.807) is 22.7 Å². The Kier molecular flexibility index (Phi) is 3.02. The number of aromatic hydroxyl groups is 1. The lowest BCUT2D eigenvalue weighted by Gasteiger charge is -2.05. The number of benzene rings is 2. The zero-order valence-corrected chi connectivity index (χ0v) is 12.7. The molecule has 0 aliphatic rings. The van der Waals surface area contributed by atoms with Crippen molar-refractivity contribution in [1.82, 2.24) is 0 Å². The molecule has 4 rings (SSSR count). The lowest BCUT2D eigenvalue weighted by atomic mass is 10.0. The molecule has 0 fully saturated rings. The van der Waals surface area contributed by atoms with Gasteiger partial charge < -0.3 is 5.11 Å². The fourth-order valence-corrected chi connectivity index (χ4v) is 4.33. The highest BCUT2D eigenvalue weighted by Gasteiger charge is 2.10. The minimum Gasteiger partial charge on any atom is -0.507 e. The van der Waals surface area contributed by atoms with Crippen LogP contribution in [0.5, 0.6) is 5.75 Å². The smallest absolute Gasteiger partial charge is 0.124 e. The zero-order chi connectivity index (χ0) is 14.2. The molecule has 0 bridgehead atoms. The van der Waals surface area contributed by atoms with Crippen molar-refractivity contribution < 1.29 is 5.11 Å². The van der Waals surface area contributed by atoms with Gasteiger partial charge in [0, 0.05) is 20.2 Å². The Balaban J connectivity index is 1.85. The zero-order valence-electron chi connectivity index (χ0n) is 11.1. The molecule has 2 aromatic carbocycles. The van der Waals surface area contributed by atoms with E-state index < -0.39 is 0 Å². The summed E-state index contributed by atoms with van der Waals surface area (Å²) in [6, 6.07) is 20.4. The van der Waals surface area contributed by atoms with Gasteiger partial charge in [-0.2, -0.15) is 0 Å². The first-order chi connectivity index (χ1) is 10.3. The van der Waals surface area contributed by atoms with Gasteiger partial charge in [-0.15, -0.1) is 22.7 Å². The minimum atomic E-state index is 0.341. The van der Waals surface area contributed by atoms with Crippen molar-refractivity contribution in [2.24, 2.45) is 0 Å². The number of phenols is 1. The summed E-state index contributed by atoms with van der Waals surface area (Å²) in [5.74, 6) is 0.341. The molecule has 2 heterocycles. The maximum absolute atomic E-state index is 10.3. The summed E-state index contributed by atoms with van der Waals surface area (Å²) < 4.78 is 0. The normalized spacial score (nSPS) is 11.0. The Labute approximate surface area is 130 Å². The molecule has 0 atom stereocenters. The Hall–Kier alpha value is -2.10. The lowest BCUT2D eigenvalue weighted by molar-refractivity contribution is 0.478. The van der Waals surface area contributed by atoms with E-state index in [9.17, 15) is 5.11 Å². The maximum atomic E-state index is 10.3. The number of thiophene rings is 2. The highest BCUT2D eigenvalue weighted by molar-refractivity contribution is 7.23. The molecular weight excluding hydrogens is 296 g/mol. The third kappa shape index (κ3) is 2.24. The highest BCUT2D eigenvalue weighted by Crippen LogP contribution is 2.41. The fraction of sp³-hybridized carbons (Fsp3) is 0. The summed E-state index contributed by atoms with van der Waals surface area (Å²) in [5, 5.41) is 14.6. The summed E-state index contributed by atoms with van der Waals surface area (Å²) >= 11 is 3.46. The summed E-state index contributed by atoms with van der Waals surface area (Å²) in [4.78, 5) is 3.61. The molecule has 0 radical (unpaired) electrons. The molecular formula is C18H12OS2. The lowest BCUT2D eigenvalue weighted by Crippen LogP contribution is -1.77. The molecule has 102 valence electrons. The van der Waals surface area contributed by atoms with Crippen molar-refractivity contribution in [2.45, 2.75) is 0 Å². The van der Waals surface area contributed by atoms with E-state index in [0.29, 0.717) is 5.75 Å². The molecule has 0 amide bonds. The van der Waals surface area contributed by atoms with Crippen molar-refractivity contribution in [2.75, 3.05) is 0 Å². The molecule has 0 saturated carbocycles. The van der Waals surface area contributed by atoms with Gasteiger partial charge in [0.05, 0.1) is 0 Å². The Morgan fingerprint density at radius 2 is 1.48 bits per heavy atom. The summed E-state index contributed by atoms with van der Waals surface area (Å²) in [6.07, 6.45) is 0. The van der Waals surface area contributed by atoms with Crippen molar-refractivity contribution in [3.63, 3.8) is 0 Å². The fourth-order valence-electron chi connectivity index (χ4n) is 2.46. The Bertz CT molecular complexity index is 904. The molecule has 1 nitrogen and oxygen atoms in total. The Morgan fingerprint density at radius 3 is 2.24 bits per heavy atom. The van der Waals surface area contributed by atoms with E-state index in [4.69, 9.17) is 0 Å². The first-order valence-corrected chi connectivity index (χ1v) is 8.37. The third-order valence-corrected chi connectivity index (χ3v) is 5.68. The van der Waals surface area contributed by atoms with Crippen LogP contribution in [-0.2, 0) is 0 Å². The topological polar surface area (TPSA) is 20.2 Å². The summed E-state index contributed by atoms with van der Waals surface area (Å²) in [6.45, 7) is 0. The monoisotopic (exact) mass is 308 g/mol. The predicted molar refractivity (Wildman–Crippen MR) is 92.2 cm³/mol. The second-order valence-electron chi connectivity index (χ2n) is 4.86. The van der Waals surface area contributed by atoms with Gasteiger partial charge in [-0.3, -0.25) is 0 Å². The van der Waals surface area contributed by atoms with Crippen LogP contribution in [0.1, 0.15) is 0 Å². The highest BCUT2D eigenvalue weighted by atomic mass is 32.1. The maximum Gasteiger partial charge on any atom is 0.124 e. The van der Waals surface area contributed by atoms with Crippen molar-refractivity contribution in [3.05, 3.63) is 66.0 Å². The minimum absolute atomic E-state index is 0.341. The number of rotatable bonds is 2. The average Bonchev–Trinajstić information content (AvgIpc) is 3.17.